The Labute approximate surface area is 204 Å². The van der Waals surface area contributed by atoms with Crippen molar-refractivity contribution in [1.29, 1.82) is 0 Å². The molecule has 2 unspecified atom stereocenters. The number of hydrogen-bond acceptors (Lipinski definition) is 7. The van der Waals surface area contributed by atoms with Crippen LogP contribution in [0.4, 0.5) is 0 Å². The number of ether oxygens (including phenoxy) is 2. The first-order valence-electron chi connectivity index (χ1n) is 12.9. The van der Waals surface area contributed by atoms with E-state index in [0.717, 1.165) is 25.7 Å². The number of nitrogens with zero attached hydrogens (tertiary/aromatic N) is 1. The first-order chi connectivity index (χ1) is 16.7. The third-order valence-electron chi connectivity index (χ3n) is 9.53. The lowest BCUT2D eigenvalue weighted by molar-refractivity contribution is -0.217. The number of aliphatic hydroxyl groups is 1. The number of aromatic nitrogens is 1. The van der Waals surface area contributed by atoms with Gasteiger partial charge in [-0.15, -0.1) is 0 Å². The molecule has 0 bridgehead atoms. The third-order valence-corrected chi connectivity index (χ3v) is 9.53. The maximum atomic E-state index is 13.1. The molecule has 186 valence electrons. The highest BCUT2D eigenvalue weighted by Crippen LogP contribution is 2.61. The molecular weight excluding hydrogens is 446 g/mol. The van der Waals surface area contributed by atoms with Crippen LogP contribution in [0, 0.1) is 29.1 Å². The van der Waals surface area contributed by atoms with Crippen LogP contribution < -0.4 is 10.4 Å². The monoisotopic (exact) mass is 479 g/mol. The molecule has 3 saturated carbocycles. The molecule has 7 atom stereocenters. The van der Waals surface area contributed by atoms with Gasteiger partial charge in [0.25, 0.3) is 0 Å². The van der Waals surface area contributed by atoms with Crippen LogP contribution in [0.5, 0.6) is 5.75 Å². The van der Waals surface area contributed by atoms with Gasteiger partial charge in [0, 0.05) is 29.9 Å². The minimum absolute atomic E-state index is 0.0640. The Morgan fingerprint density at radius 2 is 2.06 bits per heavy atom. The second kappa shape index (κ2) is 7.92. The van der Waals surface area contributed by atoms with Gasteiger partial charge in [0.1, 0.15) is 23.2 Å². The number of esters is 1. The highest BCUT2D eigenvalue weighted by Gasteiger charge is 2.64. The highest BCUT2D eigenvalue weighted by atomic mass is 16.5. The van der Waals surface area contributed by atoms with Crippen LogP contribution in [0.1, 0.15) is 58.4 Å². The summed E-state index contributed by atoms with van der Waals surface area (Å²) in [7, 11) is 0. The number of carbonyl (C=O) groups excluding carboxylic acids is 1. The summed E-state index contributed by atoms with van der Waals surface area (Å²) in [6.45, 7) is 6.39. The molecule has 3 heterocycles. The van der Waals surface area contributed by atoms with Crippen LogP contribution in [0.2, 0.25) is 0 Å². The van der Waals surface area contributed by atoms with Crippen molar-refractivity contribution in [3.8, 4) is 17.1 Å². The Balaban J connectivity index is 1.33. The molecule has 6 rings (SSSR count). The Morgan fingerprint density at radius 3 is 2.77 bits per heavy atom. The summed E-state index contributed by atoms with van der Waals surface area (Å²) in [5.74, 6) is 1.13. The van der Waals surface area contributed by atoms with E-state index in [9.17, 15) is 14.7 Å². The number of fused-ring (bicyclic) bond motifs is 4. The van der Waals surface area contributed by atoms with Crippen molar-refractivity contribution in [3.05, 3.63) is 46.6 Å². The molecule has 0 radical (unpaired) electrons. The average Bonchev–Trinajstić information content (AvgIpc) is 3.68. The van der Waals surface area contributed by atoms with E-state index in [4.69, 9.17) is 13.9 Å². The van der Waals surface area contributed by atoms with E-state index in [2.05, 4.69) is 18.8 Å². The number of carbonyl (C=O) groups is 1. The molecule has 1 aliphatic heterocycles. The molecule has 0 amide bonds. The van der Waals surface area contributed by atoms with Gasteiger partial charge in [-0.3, -0.25) is 9.78 Å². The fourth-order valence-electron chi connectivity index (χ4n) is 7.21. The molecule has 1 N–H and O–H groups in total. The molecule has 4 aliphatic rings. The van der Waals surface area contributed by atoms with Gasteiger partial charge in [0.15, 0.2) is 0 Å². The van der Waals surface area contributed by atoms with Crippen molar-refractivity contribution in [2.45, 2.75) is 77.1 Å². The number of rotatable bonds is 3. The molecule has 0 spiro atoms. The minimum Gasteiger partial charge on any atom is -0.484 e. The van der Waals surface area contributed by atoms with Gasteiger partial charge in [0.2, 0.25) is 0 Å². The molecule has 2 aromatic rings. The number of pyridine rings is 1. The zero-order valence-corrected chi connectivity index (χ0v) is 20.5. The lowest BCUT2D eigenvalue weighted by Crippen LogP contribution is -2.67. The maximum absolute atomic E-state index is 13.1. The number of hydrogen-bond donors (Lipinski definition) is 1. The average molecular weight is 480 g/mol. The smallest absolute Gasteiger partial charge is 0.343 e. The van der Waals surface area contributed by atoms with E-state index < -0.39 is 17.3 Å². The van der Waals surface area contributed by atoms with Crippen LogP contribution in [-0.4, -0.2) is 33.9 Å². The lowest BCUT2D eigenvalue weighted by atomic mass is 9.46. The molecule has 7 nitrogen and oxygen atoms in total. The topological polar surface area (TPSA) is 98.9 Å². The summed E-state index contributed by atoms with van der Waals surface area (Å²) in [6.07, 6.45) is 7.07. The van der Waals surface area contributed by atoms with Crippen molar-refractivity contribution in [2.75, 3.05) is 0 Å². The van der Waals surface area contributed by atoms with Gasteiger partial charge < -0.3 is 19.0 Å². The summed E-state index contributed by atoms with van der Waals surface area (Å²) >= 11 is 0. The molecular formula is C28H33NO6. The Hall–Kier alpha value is -2.67. The van der Waals surface area contributed by atoms with Crippen LogP contribution >= 0.6 is 0 Å². The van der Waals surface area contributed by atoms with Gasteiger partial charge in [-0.2, -0.15) is 0 Å². The van der Waals surface area contributed by atoms with E-state index in [-0.39, 0.29) is 41.2 Å². The summed E-state index contributed by atoms with van der Waals surface area (Å²) in [5.41, 5.74) is -0.155. The second-order valence-electron chi connectivity index (χ2n) is 11.5. The Morgan fingerprint density at radius 1 is 1.26 bits per heavy atom. The van der Waals surface area contributed by atoms with Crippen molar-refractivity contribution in [3.63, 3.8) is 0 Å². The van der Waals surface area contributed by atoms with Crippen molar-refractivity contribution >= 4 is 5.97 Å². The fourth-order valence-corrected chi connectivity index (χ4v) is 7.21. The van der Waals surface area contributed by atoms with E-state index in [1.54, 1.807) is 24.5 Å². The largest absolute Gasteiger partial charge is 0.484 e. The van der Waals surface area contributed by atoms with Crippen molar-refractivity contribution in [1.82, 2.24) is 4.98 Å². The van der Waals surface area contributed by atoms with Gasteiger partial charge >= 0.3 is 11.6 Å². The fraction of sp³-hybridized carbons (Fsp3) is 0.607. The molecule has 35 heavy (non-hydrogen) atoms. The van der Waals surface area contributed by atoms with Crippen LogP contribution in [0.15, 0.2) is 39.8 Å². The van der Waals surface area contributed by atoms with Gasteiger partial charge in [0.05, 0.1) is 17.6 Å². The van der Waals surface area contributed by atoms with E-state index in [0.29, 0.717) is 35.5 Å². The van der Waals surface area contributed by atoms with E-state index in [1.807, 2.05) is 13.0 Å². The summed E-state index contributed by atoms with van der Waals surface area (Å²) < 4.78 is 18.2. The standard InChI is InChI=1S/C28H33NO6/c1-15-19-12-24(30)28(3)23(27(19,2)9-8-20(15)33-25(31)16-6-7-16)11-18-22(35-28)13-21(34-26(18)32)17-5-4-10-29-14-17/h4-5,10,13-16,19-20,23-24,30H,6-9,11-12H2,1-3H3/t15-,19?,20+,23?,24+,27+,28+/m1/s1. The first-order valence-corrected chi connectivity index (χ1v) is 12.9. The molecule has 2 aromatic heterocycles. The molecule has 0 aromatic carbocycles. The third kappa shape index (κ3) is 3.53. The predicted octanol–water partition coefficient (Wildman–Crippen LogP) is 4.15. The van der Waals surface area contributed by atoms with Crippen LogP contribution in [-0.2, 0) is 16.0 Å². The van der Waals surface area contributed by atoms with Gasteiger partial charge in [-0.05, 0) is 74.8 Å². The van der Waals surface area contributed by atoms with Crippen LogP contribution in [0.25, 0.3) is 11.3 Å². The molecule has 7 heteroatoms. The zero-order valence-electron chi connectivity index (χ0n) is 20.5. The van der Waals surface area contributed by atoms with Crippen molar-refractivity contribution < 1.29 is 23.8 Å². The number of aliphatic hydroxyl groups excluding tert-OH is 1. The van der Waals surface area contributed by atoms with Gasteiger partial charge in [-0.25, -0.2) is 4.79 Å². The van der Waals surface area contributed by atoms with Crippen molar-refractivity contribution in [2.24, 2.45) is 29.1 Å². The lowest BCUT2D eigenvalue weighted by Gasteiger charge is -2.62. The predicted molar refractivity (Wildman–Crippen MR) is 128 cm³/mol. The molecule has 3 fully saturated rings. The van der Waals surface area contributed by atoms with Gasteiger partial charge in [-0.1, -0.05) is 13.8 Å². The minimum atomic E-state index is -0.824. The Bertz CT molecular complexity index is 1210. The Kier molecular flexibility index (Phi) is 5.15. The SMILES string of the molecule is C[C@@H]1C2C[C@H](O)[C@@]3(C)Oc4cc(-c5cccnc5)oc(=O)c4CC3[C@@]2(C)CC[C@@H]1OC(=O)C1CC1. The summed E-state index contributed by atoms with van der Waals surface area (Å²) in [5, 5.41) is 11.4. The summed E-state index contributed by atoms with van der Waals surface area (Å²) in [4.78, 5) is 29.6. The normalized spacial score (nSPS) is 37.9. The van der Waals surface area contributed by atoms with Crippen LogP contribution in [0.3, 0.4) is 0 Å². The first kappa shape index (κ1) is 22.8. The second-order valence-corrected chi connectivity index (χ2v) is 11.5. The maximum Gasteiger partial charge on any atom is 0.343 e. The molecule has 0 saturated heterocycles. The van der Waals surface area contributed by atoms with E-state index in [1.165, 1.54) is 0 Å². The summed E-state index contributed by atoms with van der Waals surface area (Å²) in [6, 6.07) is 5.38. The van der Waals surface area contributed by atoms with E-state index >= 15 is 0 Å². The highest BCUT2D eigenvalue weighted by molar-refractivity contribution is 5.75. The zero-order chi connectivity index (χ0) is 24.5. The molecule has 3 aliphatic carbocycles. The quantitative estimate of drug-likeness (QED) is 0.660.